The lowest BCUT2D eigenvalue weighted by atomic mass is 9.70. The van der Waals surface area contributed by atoms with E-state index in [9.17, 15) is 0 Å². The predicted octanol–water partition coefficient (Wildman–Crippen LogP) is 37.1. The van der Waals surface area contributed by atoms with Crippen LogP contribution in [0.2, 0.25) is 0 Å². The van der Waals surface area contributed by atoms with Gasteiger partial charge in [0.2, 0.25) is 0 Å². The van der Waals surface area contributed by atoms with Gasteiger partial charge in [0.25, 0.3) is 0 Å². The Morgan fingerprint density at radius 1 is 0.187 bits per heavy atom. The highest BCUT2D eigenvalue weighted by Crippen LogP contribution is 2.67. The van der Waals surface area contributed by atoms with Crippen molar-refractivity contribution in [2.75, 3.05) is 10.2 Å². The zero-order chi connectivity index (χ0) is 91.5. The number of benzene rings is 24. The third-order valence-corrected chi connectivity index (χ3v) is 30.6. The molecule has 4 aliphatic carbocycles. The zero-order valence-corrected chi connectivity index (χ0v) is 77.1. The highest BCUT2D eigenvalue weighted by atomic mass is 79.9. The molecule has 30 rings (SSSR count). The summed E-state index contributed by atoms with van der Waals surface area (Å²) in [5.74, 6) is 0. The van der Waals surface area contributed by atoms with E-state index in [1.165, 1.54) is 176 Å². The fraction of sp³-hybridized carbons (Fsp3) is 0.0149. The van der Waals surface area contributed by atoms with Crippen molar-refractivity contribution in [3.63, 3.8) is 0 Å². The molecule has 2 aromatic heterocycles. The first kappa shape index (κ1) is 80.0. The molecule has 1 N–H and O–H groups in total. The molecule has 139 heavy (non-hydrogen) atoms. The number of anilines is 5. The average Bonchev–Trinajstić information content (AvgIpc) is 1.51. The Morgan fingerprint density at radius 2 is 0.489 bits per heavy atom. The highest BCUT2D eigenvalue weighted by molar-refractivity contribution is 9.10. The van der Waals surface area contributed by atoms with Gasteiger partial charge in [-0.3, -0.25) is 0 Å². The van der Waals surface area contributed by atoms with E-state index in [2.05, 4.69) is 511 Å². The third kappa shape index (κ3) is 12.2. The average molecular weight is 1830 g/mol. The number of fused-ring (bicyclic) bond motifs is 38. The van der Waals surface area contributed by atoms with Crippen LogP contribution in [0.1, 0.15) is 44.5 Å². The lowest BCUT2D eigenvalue weighted by Gasteiger charge is -2.33. The quantitative estimate of drug-likeness (QED) is 0.146. The highest BCUT2D eigenvalue weighted by Gasteiger charge is 2.54. The normalized spacial score (nSPS) is 12.9. The standard InChI is InChI=1S/C67H41NO.C55H33NO.C12H9Br/c1-2-17-42(18-3-1)43-33-35-44(36-34-43)68(45-37-38-50-48-21-5-4-19-46(48)47-20-6-7-22-49(47)57(50)39-45)64-41-63-58(40-59(64)56-28-16-27-55-54-26-11-15-32-65(54)69-66(55)56)53-25-10-14-31-62(53)67(63)60-29-12-8-23-51(60)52-24-9-13-30-61(52)67;1-2-16-36-34(14-1)35-15-3-4-17-37(35)45-30-33(28-29-38(36)45)56-52-32-51-46(31-47(52)44-23-13-22-43-42-21-8-12-27-53(42)57-54(43)44)41-20-7-11-26-50(41)55(51)48-24-9-5-18-39(48)40-19-6-10-25-49(40)55;13-12-8-6-11(7-9-12)10-4-2-1-3-5-10/h1-41H;1-32,56H;1-9H. The molecule has 0 bridgehead atoms. The van der Waals surface area contributed by atoms with Crippen LogP contribution in [0.3, 0.4) is 0 Å². The number of hydrogen-bond acceptors (Lipinski definition) is 4. The van der Waals surface area contributed by atoms with Gasteiger partial charge in [-0.15, -0.1) is 0 Å². The maximum Gasteiger partial charge on any atom is 0.143 e. The Bertz CT molecular complexity index is 9420. The Hall–Kier alpha value is -17.5. The van der Waals surface area contributed by atoms with Crippen LogP contribution in [0, 0.1) is 0 Å². The van der Waals surface area contributed by atoms with Crippen LogP contribution >= 0.6 is 15.9 Å². The molecule has 2 spiro atoms. The minimum atomic E-state index is -0.543. The summed E-state index contributed by atoms with van der Waals surface area (Å²) in [6, 6.07) is 182. The molecule has 2 heterocycles. The van der Waals surface area contributed by atoms with Gasteiger partial charge in [-0.05, 0) is 261 Å². The monoisotopic (exact) mass is 1830 g/mol. The predicted molar refractivity (Wildman–Crippen MR) is 585 cm³/mol. The molecule has 0 saturated carbocycles. The minimum absolute atomic E-state index is 0.460. The van der Waals surface area contributed by atoms with E-state index < -0.39 is 10.8 Å². The number of rotatable bonds is 9. The number of halogens is 1. The van der Waals surface area contributed by atoms with E-state index in [0.717, 1.165) is 99.0 Å². The molecule has 24 aromatic carbocycles. The molecular formula is C134H83BrN2O2. The number of hydrogen-bond donors (Lipinski definition) is 1. The Labute approximate surface area is 812 Å². The number of furan rings is 2. The molecule has 0 fully saturated rings. The first-order valence-electron chi connectivity index (χ1n) is 47.8. The van der Waals surface area contributed by atoms with Crippen LogP contribution in [0.5, 0.6) is 0 Å². The van der Waals surface area contributed by atoms with Gasteiger partial charge in [-0.25, -0.2) is 0 Å². The summed E-state index contributed by atoms with van der Waals surface area (Å²) in [5, 5.41) is 23.5. The van der Waals surface area contributed by atoms with Gasteiger partial charge in [-0.1, -0.05) is 428 Å². The van der Waals surface area contributed by atoms with Crippen LogP contribution in [0.15, 0.2) is 511 Å². The molecule has 0 aliphatic heterocycles. The molecule has 26 aromatic rings. The van der Waals surface area contributed by atoms with Gasteiger partial charge >= 0.3 is 0 Å². The first-order valence-corrected chi connectivity index (χ1v) is 48.6. The molecule has 4 nitrogen and oxygen atoms in total. The van der Waals surface area contributed by atoms with Crippen molar-refractivity contribution in [1.29, 1.82) is 0 Å². The van der Waals surface area contributed by atoms with Crippen LogP contribution < -0.4 is 10.2 Å². The van der Waals surface area contributed by atoms with Gasteiger partial charge in [0.1, 0.15) is 22.3 Å². The van der Waals surface area contributed by atoms with Crippen molar-refractivity contribution in [2.24, 2.45) is 0 Å². The fourth-order valence-corrected chi connectivity index (χ4v) is 24.5. The van der Waals surface area contributed by atoms with Crippen molar-refractivity contribution in [3.8, 4) is 89.0 Å². The lowest BCUT2D eigenvalue weighted by molar-refractivity contribution is 0.669. The van der Waals surface area contributed by atoms with Crippen molar-refractivity contribution < 1.29 is 8.83 Å². The zero-order valence-electron chi connectivity index (χ0n) is 75.5. The summed E-state index contributed by atoms with van der Waals surface area (Å²) < 4.78 is 14.8. The van der Waals surface area contributed by atoms with Crippen LogP contribution in [-0.4, -0.2) is 0 Å². The Balaban J connectivity index is 0.000000122. The van der Waals surface area contributed by atoms with E-state index in [4.69, 9.17) is 8.83 Å². The van der Waals surface area contributed by atoms with E-state index in [1.54, 1.807) is 0 Å². The number of nitrogens with zero attached hydrogens (tertiary/aromatic N) is 1. The van der Waals surface area contributed by atoms with Crippen molar-refractivity contribution >= 4 is 153 Å². The first-order chi connectivity index (χ1) is 68.9. The fourth-order valence-electron chi connectivity index (χ4n) is 24.2. The Morgan fingerprint density at radius 3 is 0.921 bits per heavy atom. The summed E-state index contributed by atoms with van der Waals surface area (Å²) in [6.07, 6.45) is 0. The third-order valence-electron chi connectivity index (χ3n) is 30.1. The number of para-hydroxylation sites is 4. The second-order valence-electron chi connectivity index (χ2n) is 37.1. The van der Waals surface area contributed by atoms with Crippen molar-refractivity contribution in [2.45, 2.75) is 10.8 Å². The van der Waals surface area contributed by atoms with E-state index >= 15 is 0 Å². The topological polar surface area (TPSA) is 41.6 Å². The largest absolute Gasteiger partial charge is 0.455 e. The SMILES string of the molecule is Brc1ccc(-c2ccccc2)cc1.c1ccc(-c2ccc(N(c3ccc4c5ccccc5c5ccccc5c4c3)c3cc4c(cc3-c3cccc5c3oc3ccccc35)-c3ccccc3C43c4ccccc4-c4ccccc43)cc2)cc1.c1ccc2c(c1)-c1ccccc1C21c2ccccc2-c2cc(-c3cccc4c3oc3ccccc34)c(Nc3ccc4c5ccccc5c5ccccc5c4c3)cc21. The molecular weight excluding hydrogens is 1750 g/mol. The smallest absolute Gasteiger partial charge is 0.143 e. The van der Waals surface area contributed by atoms with Gasteiger partial charge < -0.3 is 19.1 Å². The molecule has 0 saturated heterocycles. The minimum Gasteiger partial charge on any atom is -0.455 e. The second kappa shape index (κ2) is 31.8. The van der Waals surface area contributed by atoms with Crippen molar-refractivity contribution in [3.05, 3.63) is 546 Å². The number of nitrogens with one attached hydrogen (secondary N) is 1. The molecule has 5 heteroatoms. The molecule has 0 atom stereocenters. The van der Waals surface area contributed by atoms with E-state index in [1.807, 2.05) is 12.1 Å². The molecule has 0 unspecified atom stereocenters. The second-order valence-corrected chi connectivity index (χ2v) is 38.0. The molecule has 648 valence electrons. The summed E-state index contributed by atoms with van der Waals surface area (Å²) >= 11 is 3.42. The van der Waals surface area contributed by atoms with Crippen LogP contribution in [-0.2, 0) is 10.8 Å². The summed E-state index contributed by atoms with van der Waals surface area (Å²) in [4.78, 5) is 2.51. The summed E-state index contributed by atoms with van der Waals surface area (Å²) in [7, 11) is 0. The van der Waals surface area contributed by atoms with Gasteiger partial charge in [0.05, 0.1) is 16.5 Å². The van der Waals surface area contributed by atoms with Gasteiger partial charge in [-0.2, -0.15) is 0 Å². The van der Waals surface area contributed by atoms with E-state index in [0.29, 0.717) is 0 Å². The maximum absolute atomic E-state index is 6.95. The van der Waals surface area contributed by atoms with E-state index in [-0.39, 0.29) is 0 Å². The summed E-state index contributed by atoms with van der Waals surface area (Å²) in [6.45, 7) is 0. The Kier molecular flexibility index (Phi) is 18.3. The summed E-state index contributed by atoms with van der Waals surface area (Å²) in [5.41, 5.74) is 37.7. The lowest BCUT2D eigenvalue weighted by Crippen LogP contribution is -2.26. The van der Waals surface area contributed by atoms with Gasteiger partial charge in [0, 0.05) is 71.0 Å². The molecule has 4 aliphatic rings. The van der Waals surface area contributed by atoms with Crippen LogP contribution in [0.4, 0.5) is 28.4 Å². The molecule has 0 radical (unpaired) electrons. The van der Waals surface area contributed by atoms with Gasteiger partial charge in [0.15, 0.2) is 0 Å². The van der Waals surface area contributed by atoms with Crippen molar-refractivity contribution in [1.82, 2.24) is 0 Å². The van der Waals surface area contributed by atoms with Crippen LogP contribution in [0.25, 0.3) is 198 Å². The molecule has 0 amide bonds. The maximum atomic E-state index is 6.95.